The van der Waals surface area contributed by atoms with Crippen molar-refractivity contribution in [3.05, 3.63) is 0 Å². The molecule has 98 valence electrons. The molecule has 6 nitrogen and oxygen atoms in total. The van der Waals surface area contributed by atoms with Crippen LogP contribution < -0.4 is 5.32 Å². The molecular weight excluding hydrogens is 224 g/mol. The third-order valence-corrected chi connectivity index (χ3v) is 2.93. The van der Waals surface area contributed by atoms with Crippen LogP contribution in [-0.2, 0) is 9.53 Å². The molecule has 1 aliphatic heterocycles. The molecule has 1 fully saturated rings. The highest BCUT2D eigenvalue weighted by Crippen LogP contribution is 2.15. The molecule has 2 N–H and O–H groups in total. The molecule has 1 aliphatic rings. The van der Waals surface area contributed by atoms with Gasteiger partial charge in [-0.1, -0.05) is 0 Å². The van der Waals surface area contributed by atoms with E-state index in [1.807, 2.05) is 0 Å². The highest BCUT2D eigenvalue weighted by Gasteiger charge is 2.21. The number of hydrogen-bond donors (Lipinski definition) is 2. The van der Waals surface area contributed by atoms with Crippen LogP contribution in [0, 0.1) is 5.92 Å². The summed E-state index contributed by atoms with van der Waals surface area (Å²) in [4.78, 5) is 23.8. The fraction of sp³-hybridized carbons (Fsp3) is 0.818. The Labute approximate surface area is 101 Å². The maximum Gasteiger partial charge on any atom is 0.325 e. The van der Waals surface area contributed by atoms with Crippen LogP contribution in [0.3, 0.4) is 0 Å². The molecule has 0 aromatic heterocycles. The Hall–Kier alpha value is -1.30. The molecule has 0 aliphatic carbocycles. The molecule has 1 rings (SSSR count). The first kappa shape index (κ1) is 13.8. The molecule has 0 saturated carbocycles. The topological polar surface area (TPSA) is 78.9 Å². The molecule has 0 bridgehead atoms. The summed E-state index contributed by atoms with van der Waals surface area (Å²) in [7, 11) is 1.68. The maximum atomic E-state index is 11.7. The summed E-state index contributed by atoms with van der Waals surface area (Å²) >= 11 is 0. The van der Waals surface area contributed by atoms with E-state index in [0.717, 1.165) is 26.1 Å². The van der Waals surface area contributed by atoms with Crippen LogP contribution in [0.4, 0.5) is 4.79 Å². The first-order valence-electron chi connectivity index (χ1n) is 5.83. The zero-order valence-electron chi connectivity index (χ0n) is 10.3. The number of nitrogens with one attached hydrogen (secondary N) is 1. The predicted molar refractivity (Wildman–Crippen MR) is 61.8 cm³/mol. The number of rotatable bonds is 4. The Balaban J connectivity index is 2.33. The third kappa shape index (κ3) is 4.60. The normalized spacial score (nSPS) is 18.5. The van der Waals surface area contributed by atoms with Crippen molar-refractivity contribution in [2.24, 2.45) is 5.92 Å². The maximum absolute atomic E-state index is 11.7. The zero-order valence-corrected chi connectivity index (χ0v) is 10.3. The van der Waals surface area contributed by atoms with Gasteiger partial charge in [0.25, 0.3) is 0 Å². The van der Waals surface area contributed by atoms with Crippen LogP contribution in [0.1, 0.15) is 19.8 Å². The first-order chi connectivity index (χ1) is 8.00. The Kier molecular flexibility index (Phi) is 5.21. The lowest BCUT2D eigenvalue weighted by atomic mass is 10.00. The average Bonchev–Trinajstić information content (AvgIpc) is 2.29. The number of amides is 2. The van der Waals surface area contributed by atoms with Crippen molar-refractivity contribution in [2.45, 2.75) is 25.8 Å². The van der Waals surface area contributed by atoms with Crippen molar-refractivity contribution < 1.29 is 19.4 Å². The minimum atomic E-state index is -1.03. The van der Waals surface area contributed by atoms with E-state index >= 15 is 0 Å². The fourth-order valence-electron chi connectivity index (χ4n) is 1.76. The smallest absolute Gasteiger partial charge is 0.325 e. The van der Waals surface area contributed by atoms with E-state index < -0.39 is 12.0 Å². The zero-order chi connectivity index (χ0) is 12.8. The molecule has 1 unspecified atom stereocenters. The second-order valence-electron chi connectivity index (χ2n) is 4.45. The van der Waals surface area contributed by atoms with E-state index in [-0.39, 0.29) is 6.03 Å². The predicted octanol–water partition coefficient (Wildman–Crippen LogP) is 0.527. The van der Waals surface area contributed by atoms with Gasteiger partial charge in [0.2, 0.25) is 0 Å². The highest BCUT2D eigenvalue weighted by atomic mass is 16.5. The number of carbonyl (C=O) groups is 2. The molecule has 0 radical (unpaired) electrons. The van der Waals surface area contributed by atoms with Gasteiger partial charge in [-0.2, -0.15) is 0 Å². The monoisotopic (exact) mass is 244 g/mol. The fourth-order valence-corrected chi connectivity index (χ4v) is 1.76. The van der Waals surface area contributed by atoms with Gasteiger partial charge in [0.15, 0.2) is 0 Å². The summed E-state index contributed by atoms with van der Waals surface area (Å²) in [6.45, 7) is 3.57. The van der Waals surface area contributed by atoms with Gasteiger partial charge in [0, 0.05) is 26.8 Å². The van der Waals surface area contributed by atoms with Crippen LogP contribution in [-0.4, -0.2) is 54.9 Å². The number of urea groups is 1. The molecule has 0 aromatic carbocycles. The SMILES string of the molecule is CC(NC(=O)N(C)CC1CCOCC1)C(=O)O. The number of ether oxygens (including phenoxy) is 1. The van der Waals surface area contributed by atoms with Crippen molar-refractivity contribution in [1.82, 2.24) is 10.2 Å². The van der Waals surface area contributed by atoms with Gasteiger partial charge in [-0.25, -0.2) is 4.79 Å². The third-order valence-electron chi connectivity index (χ3n) is 2.93. The Morgan fingerprint density at radius 3 is 2.59 bits per heavy atom. The number of carbonyl (C=O) groups excluding carboxylic acids is 1. The van der Waals surface area contributed by atoms with Gasteiger partial charge < -0.3 is 20.1 Å². The van der Waals surface area contributed by atoms with Crippen molar-refractivity contribution in [1.29, 1.82) is 0 Å². The molecule has 1 atom stereocenters. The van der Waals surface area contributed by atoms with E-state index in [9.17, 15) is 9.59 Å². The Morgan fingerprint density at radius 1 is 1.47 bits per heavy atom. The Morgan fingerprint density at radius 2 is 2.06 bits per heavy atom. The van der Waals surface area contributed by atoms with E-state index in [2.05, 4.69) is 5.32 Å². The molecule has 2 amide bonds. The molecule has 17 heavy (non-hydrogen) atoms. The number of aliphatic carboxylic acids is 1. The summed E-state index contributed by atoms with van der Waals surface area (Å²) in [5, 5.41) is 11.1. The van der Waals surface area contributed by atoms with Gasteiger partial charge in [0.05, 0.1) is 0 Å². The number of hydrogen-bond acceptors (Lipinski definition) is 3. The number of nitrogens with zero attached hydrogens (tertiary/aromatic N) is 1. The van der Waals surface area contributed by atoms with Gasteiger partial charge >= 0.3 is 12.0 Å². The van der Waals surface area contributed by atoms with Gasteiger partial charge in [-0.3, -0.25) is 4.79 Å². The molecule has 0 aromatic rings. The van der Waals surface area contributed by atoms with Gasteiger partial charge in [-0.05, 0) is 25.7 Å². The number of carboxylic acids is 1. The minimum Gasteiger partial charge on any atom is -0.480 e. The molecule has 0 spiro atoms. The largest absolute Gasteiger partial charge is 0.480 e. The van der Waals surface area contributed by atoms with Crippen LogP contribution in [0.2, 0.25) is 0 Å². The minimum absolute atomic E-state index is 0.341. The molecular formula is C11H20N2O4. The van der Waals surface area contributed by atoms with Gasteiger partial charge in [-0.15, -0.1) is 0 Å². The molecule has 1 heterocycles. The van der Waals surface area contributed by atoms with Crippen LogP contribution in [0.25, 0.3) is 0 Å². The van der Waals surface area contributed by atoms with Crippen molar-refractivity contribution in [2.75, 3.05) is 26.8 Å². The molecule has 1 saturated heterocycles. The summed E-state index contributed by atoms with van der Waals surface area (Å²) in [5.74, 6) is -0.586. The lowest BCUT2D eigenvalue weighted by Crippen LogP contribution is -2.46. The number of carboxylic acid groups (broad SMARTS) is 1. The first-order valence-corrected chi connectivity index (χ1v) is 5.83. The lowest BCUT2D eigenvalue weighted by Gasteiger charge is -2.27. The molecule has 6 heteroatoms. The van der Waals surface area contributed by atoms with Crippen LogP contribution in [0.5, 0.6) is 0 Å². The average molecular weight is 244 g/mol. The van der Waals surface area contributed by atoms with Gasteiger partial charge in [0.1, 0.15) is 6.04 Å². The van der Waals surface area contributed by atoms with E-state index in [0.29, 0.717) is 12.5 Å². The van der Waals surface area contributed by atoms with E-state index in [4.69, 9.17) is 9.84 Å². The van der Waals surface area contributed by atoms with E-state index in [1.54, 1.807) is 7.05 Å². The van der Waals surface area contributed by atoms with Crippen molar-refractivity contribution >= 4 is 12.0 Å². The summed E-state index contributed by atoms with van der Waals surface area (Å²) in [5.41, 5.74) is 0. The van der Waals surface area contributed by atoms with Crippen LogP contribution >= 0.6 is 0 Å². The van der Waals surface area contributed by atoms with Crippen LogP contribution in [0.15, 0.2) is 0 Å². The summed E-state index contributed by atoms with van der Waals surface area (Å²) < 4.78 is 5.24. The van der Waals surface area contributed by atoms with Crippen molar-refractivity contribution in [3.8, 4) is 0 Å². The highest BCUT2D eigenvalue weighted by molar-refractivity contribution is 5.82. The summed E-state index contributed by atoms with van der Waals surface area (Å²) in [6, 6.07) is -1.20. The lowest BCUT2D eigenvalue weighted by molar-refractivity contribution is -0.138. The summed E-state index contributed by atoms with van der Waals surface area (Å²) in [6.07, 6.45) is 1.90. The standard InChI is InChI=1S/C11H20N2O4/c1-8(10(14)15)12-11(16)13(2)7-9-3-5-17-6-4-9/h8-9H,3-7H2,1-2H3,(H,12,16)(H,14,15). The van der Waals surface area contributed by atoms with E-state index in [1.165, 1.54) is 11.8 Å². The second kappa shape index (κ2) is 6.44. The van der Waals surface area contributed by atoms with Crippen molar-refractivity contribution in [3.63, 3.8) is 0 Å². The Bertz CT molecular complexity index is 277. The second-order valence-corrected chi connectivity index (χ2v) is 4.45. The quantitative estimate of drug-likeness (QED) is 0.756.